The average Bonchev–Trinajstić information content (AvgIpc) is 3.31. The van der Waals surface area contributed by atoms with Gasteiger partial charge in [-0.3, -0.25) is 14.4 Å². The van der Waals surface area contributed by atoms with Gasteiger partial charge in [0.1, 0.15) is 13.2 Å². The van der Waals surface area contributed by atoms with Gasteiger partial charge in [0.05, 0.1) is 0 Å². The van der Waals surface area contributed by atoms with Crippen LogP contribution in [-0.2, 0) is 28.6 Å². The van der Waals surface area contributed by atoms with Crippen molar-refractivity contribution in [1.82, 2.24) is 0 Å². The Morgan fingerprint density at radius 2 is 0.545 bits per heavy atom. The lowest BCUT2D eigenvalue weighted by Gasteiger charge is -2.18. The minimum absolute atomic E-state index is 0.0738. The van der Waals surface area contributed by atoms with Crippen molar-refractivity contribution >= 4 is 17.9 Å². The molecule has 0 rings (SSSR count). The summed E-state index contributed by atoms with van der Waals surface area (Å²) in [5, 5.41) is 0. The van der Waals surface area contributed by atoms with E-state index in [1.165, 1.54) is 193 Å². The molecule has 6 heteroatoms. The lowest BCUT2D eigenvalue weighted by atomic mass is 10.0. The molecular weight excluding hydrogens is 817 g/mol. The normalized spacial score (nSPS) is 12.2. The minimum Gasteiger partial charge on any atom is -0.462 e. The molecule has 0 aliphatic carbocycles. The molecule has 0 radical (unpaired) electrons. The first-order chi connectivity index (χ1) is 32.5. The fourth-order valence-electron chi connectivity index (χ4n) is 8.56. The molecule has 0 aromatic rings. The van der Waals surface area contributed by atoms with Crippen LogP contribution in [0.5, 0.6) is 0 Å². The molecular formula is C60H110O6. The van der Waals surface area contributed by atoms with Crippen LogP contribution in [0.3, 0.4) is 0 Å². The number of ether oxygens (including phenoxy) is 3. The highest BCUT2D eigenvalue weighted by Crippen LogP contribution is 2.17. The van der Waals surface area contributed by atoms with Crippen LogP contribution in [0.15, 0.2) is 36.5 Å². The fraction of sp³-hybridized carbons (Fsp3) is 0.850. The molecule has 0 heterocycles. The first-order valence-electron chi connectivity index (χ1n) is 29.0. The van der Waals surface area contributed by atoms with Crippen LogP contribution in [0.25, 0.3) is 0 Å². The second-order valence-corrected chi connectivity index (χ2v) is 19.6. The molecule has 66 heavy (non-hydrogen) atoms. The Balaban J connectivity index is 4.37. The topological polar surface area (TPSA) is 78.9 Å². The van der Waals surface area contributed by atoms with Crippen molar-refractivity contribution in [3.05, 3.63) is 36.5 Å². The third-order valence-electron chi connectivity index (χ3n) is 13.0. The van der Waals surface area contributed by atoms with Gasteiger partial charge in [-0.1, -0.05) is 282 Å². The molecule has 0 aromatic heterocycles. The smallest absolute Gasteiger partial charge is 0.306 e. The summed E-state index contributed by atoms with van der Waals surface area (Å²) in [6, 6.07) is 0. The number of unbranched alkanes of at least 4 members (excludes halogenated alkanes) is 38. The third kappa shape index (κ3) is 52.6. The van der Waals surface area contributed by atoms with Crippen molar-refractivity contribution in [2.75, 3.05) is 13.2 Å². The molecule has 6 nitrogen and oxygen atoms in total. The maximum Gasteiger partial charge on any atom is 0.306 e. The molecule has 386 valence electrons. The standard InChI is InChI=1S/C60H110O6/c1-4-7-10-13-16-19-22-25-28-29-30-33-35-38-41-44-47-50-53-59(62)65-56-57(66-60(63)54-51-48-45-42-39-36-32-27-24-21-18-15-12-9-6-3)55-64-58(61)52-49-46-43-40-37-34-31-26-23-20-17-14-11-8-5-2/h22,25,28-30,33,57H,4-21,23-24,26-27,31-32,34-56H2,1-3H3/b25-22-,29-28-,33-30-. The molecule has 0 N–H and O–H groups in total. The Labute approximate surface area is 410 Å². The number of hydrogen-bond acceptors (Lipinski definition) is 6. The molecule has 0 aliphatic heterocycles. The van der Waals surface area contributed by atoms with E-state index in [1.807, 2.05) is 0 Å². The summed E-state index contributed by atoms with van der Waals surface area (Å²) in [4.78, 5) is 38.1. The highest BCUT2D eigenvalue weighted by molar-refractivity contribution is 5.71. The van der Waals surface area contributed by atoms with Crippen LogP contribution in [-0.4, -0.2) is 37.2 Å². The summed E-state index contributed by atoms with van der Waals surface area (Å²) in [6.07, 6.45) is 65.5. The van der Waals surface area contributed by atoms with Crippen LogP contribution in [0.1, 0.15) is 310 Å². The van der Waals surface area contributed by atoms with Crippen molar-refractivity contribution in [1.29, 1.82) is 0 Å². The largest absolute Gasteiger partial charge is 0.462 e. The Bertz CT molecular complexity index is 1110. The highest BCUT2D eigenvalue weighted by Gasteiger charge is 2.19. The SMILES string of the molecule is CCCCCCC\C=C/C=C\C=C/CCCCCCCC(=O)OCC(COC(=O)CCCCCCCCCCCCCCCCC)OC(=O)CCCCCCCCCCCCCCCCC. The quantitative estimate of drug-likeness (QED) is 0.0262. The zero-order valence-electron chi connectivity index (χ0n) is 44.2. The molecule has 1 atom stereocenters. The molecule has 0 saturated heterocycles. The van der Waals surface area contributed by atoms with Gasteiger partial charge in [-0.25, -0.2) is 0 Å². The molecule has 0 bridgehead atoms. The second kappa shape index (κ2) is 55.2. The highest BCUT2D eigenvalue weighted by atomic mass is 16.6. The minimum atomic E-state index is -0.776. The number of hydrogen-bond donors (Lipinski definition) is 0. The Hall–Kier alpha value is -2.37. The van der Waals surface area contributed by atoms with Gasteiger partial charge in [-0.2, -0.15) is 0 Å². The van der Waals surface area contributed by atoms with Crippen LogP contribution in [0, 0.1) is 0 Å². The summed E-state index contributed by atoms with van der Waals surface area (Å²) >= 11 is 0. The van der Waals surface area contributed by atoms with Crippen molar-refractivity contribution in [2.24, 2.45) is 0 Å². The van der Waals surface area contributed by atoms with E-state index < -0.39 is 6.10 Å². The first-order valence-corrected chi connectivity index (χ1v) is 29.0. The third-order valence-corrected chi connectivity index (χ3v) is 13.0. The van der Waals surface area contributed by atoms with Crippen LogP contribution in [0.2, 0.25) is 0 Å². The summed E-state index contributed by atoms with van der Waals surface area (Å²) in [5.74, 6) is -0.874. The Morgan fingerprint density at radius 3 is 0.833 bits per heavy atom. The van der Waals surface area contributed by atoms with Gasteiger partial charge in [0.15, 0.2) is 6.10 Å². The van der Waals surface area contributed by atoms with E-state index in [4.69, 9.17) is 14.2 Å². The molecule has 0 saturated carbocycles. The zero-order chi connectivity index (χ0) is 47.9. The monoisotopic (exact) mass is 927 g/mol. The Kier molecular flexibility index (Phi) is 53.2. The Morgan fingerprint density at radius 1 is 0.303 bits per heavy atom. The predicted molar refractivity (Wildman–Crippen MR) is 284 cm³/mol. The van der Waals surface area contributed by atoms with E-state index in [9.17, 15) is 14.4 Å². The molecule has 0 fully saturated rings. The van der Waals surface area contributed by atoms with Crippen molar-refractivity contribution in [3.63, 3.8) is 0 Å². The fourth-order valence-corrected chi connectivity index (χ4v) is 8.56. The lowest BCUT2D eigenvalue weighted by molar-refractivity contribution is -0.167. The van der Waals surface area contributed by atoms with Crippen molar-refractivity contribution in [3.8, 4) is 0 Å². The summed E-state index contributed by atoms with van der Waals surface area (Å²) < 4.78 is 16.9. The molecule has 0 spiro atoms. The van der Waals surface area contributed by atoms with Crippen LogP contribution < -0.4 is 0 Å². The maximum atomic E-state index is 12.8. The van der Waals surface area contributed by atoms with E-state index in [-0.39, 0.29) is 31.1 Å². The van der Waals surface area contributed by atoms with Crippen LogP contribution in [0.4, 0.5) is 0 Å². The van der Waals surface area contributed by atoms with Gasteiger partial charge < -0.3 is 14.2 Å². The molecule has 1 unspecified atom stereocenters. The number of allylic oxidation sites excluding steroid dienone is 6. The molecule has 0 amide bonds. The number of esters is 3. The summed E-state index contributed by atoms with van der Waals surface area (Å²) in [5.41, 5.74) is 0. The number of carbonyl (C=O) groups is 3. The van der Waals surface area contributed by atoms with Crippen molar-refractivity contribution in [2.45, 2.75) is 316 Å². The average molecular weight is 928 g/mol. The lowest BCUT2D eigenvalue weighted by Crippen LogP contribution is -2.30. The van der Waals surface area contributed by atoms with Gasteiger partial charge in [0.2, 0.25) is 0 Å². The second-order valence-electron chi connectivity index (χ2n) is 19.6. The van der Waals surface area contributed by atoms with E-state index in [1.54, 1.807) is 0 Å². The maximum absolute atomic E-state index is 12.8. The summed E-state index contributed by atoms with van der Waals surface area (Å²) in [7, 11) is 0. The zero-order valence-corrected chi connectivity index (χ0v) is 44.2. The van der Waals surface area contributed by atoms with Crippen LogP contribution >= 0.6 is 0 Å². The first kappa shape index (κ1) is 63.6. The van der Waals surface area contributed by atoms with E-state index in [2.05, 4.69) is 57.2 Å². The van der Waals surface area contributed by atoms with Gasteiger partial charge in [-0.15, -0.1) is 0 Å². The molecule has 0 aliphatic rings. The van der Waals surface area contributed by atoms with Crippen molar-refractivity contribution < 1.29 is 28.6 Å². The van der Waals surface area contributed by atoms with Gasteiger partial charge >= 0.3 is 17.9 Å². The molecule has 0 aromatic carbocycles. The predicted octanol–water partition coefficient (Wildman–Crippen LogP) is 19.3. The number of rotatable bonds is 53. The van der Waals surface area contributed by atoms with Gasteiger partial charge in [0.25, 0.3) is 0 Å². The number of carbonyl (C=O) groups excluding carboxylic acids is 3. The van der Waals surface area contributed by atoms with Gasteiger partial charge in [0, 0.05) is 19.3 Å². The summed E-state index contributed by atoms with van der Waals surface area (Å²) in [6.45, 7) is 6.65. The van der Waals surface area contributed by atoms with E-state index in [0.717, 1.165) is 77.0 Å². The van der Waals surface area contributed by atoms with E-state index >= 15 is 0 Å². The van der Waals surface area contributed by atoms with Gasteiger partial charge in [-0.05, 0) is 44.9 Å². The van der Waals surface area contributed by atoms with E-state index in [0.29, 0.717) is 19.3 Å².